The second-order valence-corrected chi connectivity index (χ2v) is 4.94. The van der Waals surface area contributed by atoms with Crippen LogP contribution in [0.4, 0.5) is 0 Å². The molecule has 0 N–H and O–H groups in total. The minimum atomic E-state index is 0.499. The molecule has 1 unspecified atom stereocenters. The lowest BCUT2D eigenvalue weighted by molar-refractivity contribution is 0.204. The third-order valence-electron chi connectivity index (χ3n) is 2.77. The molecular weight excluding hydrogens is 132 g/mol. The zero-order chi connectivity index (χ0) is 8.48. The number of hydrogen-bond acceptors (Lipinski definition) is 0. The normalized spacial score (nSPS) is 32.4. The average molecular weight is 152 g/mol. The molecule has 0 amide bonds. The van der Waals surface area contributed by atoms with Crippen molar-refractivity contribution < 1.29 is 0 Å². The van der Waals surface area contributed by atoms with E-state index in [1.165, 1.54) is 12.8 Å². The molecule has 0 saturated heterocycles. The Labute approximate surface area is 70.7 Å². The van der Waals surface area contributed by atoms with Crippen molar-refractivity contribution in [1.29, 1.82) is 0 Å². The van der Waals surface area contributed by atoms with Gasteiger partial charge < -0.3 is 0 Å². The van der Waals surface area contributed by atoms with E-state index in [0.717, 1.165) is 11.8 Å². The van der Waals surface area contributed by atoms with Crippen LogP contribution in [0.25, 0.3) is 0 Å². The van der Waals surface area contributed by atoms with Crippen molar-refractivity contribution >= 4 is 0 Å². The molecule has 0 radical (unpaired) electrons. The molecule has 0 bridgehead atoms. The van der Waals surface area contributed by atoms with Crippen molar-refractivity contribution in [2.75, 3.05) is 0 Å². The van der Waals surface area contributed by atoms with E-state index in [0.29, 0.717) is 5.41 Å². The largest absolute Gasteiger partial charge is 0.0880 e. The highest BCUT2D eigenvalue weighted by Crippen LogP contribution is 2.36. The van der Waals surface area contributed by atoms with Gasteiger partial charge in [0.25, 0.3) is 0 Å². The van der Waals surface area contributed by atoms with Crippen LogP contribution in [-0.4, -0.2) is 0 Å². The van der Waals surface area contributed by atoms with Crippen LogP contribution in [0.1, 0.15) is 40.5 Å². The van der Waals surface area contributed by atoms with Gasteiger partial charge in [0.2, 0.25) is 0 Å². The molecule has 64 valence electrons. The first-order valence-electron chi connectivity index (χ1n) is 4.67. The van der Waals surface area contributed by atoms with E-state index in [9.17, 15) is 0 Å². The average Bonchev–Trinajstić information content (AvgIpc) is 1.86. The monoisotopic (exact) mass is 152 g/mol. The van der Waals surface area contributed by atoms with Gasteiger partial charge in [0.1, 0.15) is 0 Å². The fourth-order valence-electron chi connectivity index (χ4n) is 1.81. The standard InChI is InChI=1S/C11H20/c1-9-6-5-7-10(8-9)11(2,3)4/h5-6,9-10H,7-8H2,1-4H3/t9?,10-/m0/s1. The smallest absolute Gasteiger partial charge is 0.0259 e. The van der Waals surface area contributed by atoms with Crippen molar-refractivity contribution in [1.82, 2.24) is 0 Å². The first-order chi connectivity index (χ1) is 5.00. The third-order valence-corrected chi connectivity index (χ3v) is 2.77. The molecule has 0 spiro atoms. The second kappa shape index (κ2) is 3.00. The molecule has 0 fully saturated rings. The van der Waals surface area contributed by atoms with E-state index in [4.69, 9.17) is 0 Å². The Bertz CT molecular complexity index is 148. The van der Waals surface area contributed by atoms with E-state index in [1.54, 1.807) is 0 Å². The Morgan fingerprint density at radius 1 is 1.27 bits per heavy atom. The maximum atomic E-state index is 2.35. The van der Waals surface area contributed by atoms with Crippen molar-refractivity contribution in [2.45, 2.75) is 40.5 Å². The lowest BCUT2D eigenvalue weighted by Gasteiger charge is -2.33. The Hall–Kier alpha value is -0.260. The molecule has 0 aromatic rings. The van der Waals surface area contributed by atoms with Gasteiger partial charge in [-0.05, 0) is 30.1 Å². The molecular formula is C11H20. The highest BCUT2D eigenvalue weighted by molar-refractivity contribution is 4.97. The third kappa shape index (κ3) is 2.36. The van der Waals surface area contributed by atoms with E-state index in [-0.39, 0.29) is 0 Å². The quantitative estimate of drug-likeness (QED) is 0.465. The number of rotatable bonds is 0. The lowest BCUT2D eigenvalue weighted by Crippen LogP contribution is -2.23. The molecule has 0 saturated carbocycles. The summed E-state index contributed by atoms with van der Waals surface area (Å²) in [6.45, 7) is 9.37. The molecule has 1 rings (SSSR count). The lowest BCUT2D eigenvalue weighted by atomic mass is 9.72. The summed E-state index contributed by atoms with van der Waals surface area (Å²) in [6.07, 6.45) is 7.36. The van der Waals surface area contributed by atoms with Crippen LogP contribution < -0.4 is 0 Å². The zero-order valence-electron chi connectivity index (χ0n) is 8.22. The van der Waals surface area contributed by atoms with Gasteiger partial charge in [-0.2, -0.15) is 0 Å². The Balaban J connectivity index is 2.57. The molecule has 1 aliphatic carbocycles. The van der Waals surface area contributed by atoms with Crippen LogP contribution in [0.5, 0.6) is 0 Å². The van der Waals surface area contributed by atoms with Crippen LogP contribution in [-0.2, 0) is 0 Å². The highest BCUT2D eigenvalue weighted by atomic mass is 14.3. The minimum Gasteiger partial charge on any atom is -0.0880 e. The van der Waals surface area contributed by atoms with Crippen molar-refractivity contribution in [3.8, 4) is 0 Å². The fourth-order valence-corrected chi connectivity index (χ4v) is 1.81. The van der Waals surface area contributed by atoms with Gasteiger partial charge in [-0.3, -0.25) is 0 Å². The summed E-state index contributed by atoms with van der Waals surface area (Å²) in [5.74, 6) is 1.69. The Morgan fingerprint density at radius 2 is 1.91 bits per heavy atom. The molecule has 0 nitrogen and oxygen atoms in total. The van der Waals surface area contributed by atoms with Crippen molar-refractivity contribution in [3.63, 3.8) is 0 Å². The molecule has 2 atom stereocenters. The summed E-state index contributed by atoms with van der Waals surface area (Å²) in [6, 6.07) is 0. The first-order valence-corrected chi connectivity index (χ1v) is 4.67. The minimum absolute atomic E-state index is 0.499. The molecule has 0 aliphatic heterocycles. The molecule has 0 aromatic carbocycles. The van der Waals surface area contributed by atoms with Gasteiger partial charge in [-0.25, -0.2) is 0 Å². The summed E-state index contributed by atoms with van der Waals surface area (Å²) in [4.78, 5) is 0. The van der Waals surface area contributed by atoms with Crippen molar-refractivity contribution in [2.24, 2.45) is 17.3 Å². The summed E-state index contributed by atoms with van der Waals surface area (Å²) in [5, 5.41) is 0. The van der Waals surface area contributed by atoms with Gasteiger partial charge in [0.05, 0.1) is 0 Å². The van der Waals surface area contributed by atoms with Crippen LogP contribution in [0.2, 0.25) is 0 Å². The Kier molecular flexibility index (Phi) is 2.41. The molecule has 0 heterocycles. The maximum absolute atomic E-state index is 2.35. The van der Waals surface area contributed by atoms with Crippen molar-refractivity contribution in [3.05, 3.63) is 12.2 Å². The van der Waals surface area contributed by atoms with Gasteiger partial charge >= 0.3 is 0 Å². The van der Waals surface area contributed by atoms with Gasteiger partial charge in [-0.15, -0.1) is 0 Å². The van der Waals surface area contributed by atoms with E-state index in [1.807, 2.05) is 0 Å². The van der Waals surface area contributed by atoms with Gasteiger partial charge in [0, 0.05) is 0 Å². The zero-order valence-corrected chi connectivity index (χ0v) is 8.22. The fraction of sp³-hybridized carbons (Fsp3) is 0.818. The van der Waals surface area contributed by atoms with Gasteiger partial charge in [0.15, 0.2) is 0 Å². The second-order valence-electron chi connectivity index (χ2n) is 4.94. The van der Waals surface area contributed by atoms with E-state index in [2.05, 4.69) is 39.8 Å². The SMILES string of the molecule is CC1C=CC[C@H](C(C)(C)C)C1. The number of allylic oxidation sites excluding steroid dienone is 2. The summed E-state index contributed by atoms with van der Waals surface area (Å²) in [7, 11) is 0. The molecule has 1 aliphatic rings. The highest BCUT2D eigenvalue weighted by Gasteiger charge is 2.26. The first kappa shape index (κ1) is 8.83. The van der Waals surface area contributed by atoms with Crippen LogP contribution in [0.3, 0.4) is 0 Å². The molecule has 0 heteroatoms. The van der Waals surface area contributed by atoms with Crippen LogP contribution in [0.15, 0.2) is 12.2 Å². The Morgan fingerprint density at radius 3 is 2.27 bits per heavy atom. The molecule has 0 aromatic heterocycles. The maximum Gasteiger partial charge on any atom is -0.0259 e. The number of hydrogen-bond donors (Lipinski definition) is 0. The summed E-state index contributed by atoms with van der Waals surface area (Å²) in [5.41, 5.74) is 0.499. The topological polar surface area (TPSA) is 0 Å². The predicted molar refractivity (Wildman–Crippen MR) is 50.5 cm³/mol. The summed E-state index contributed by atoms with van der Waals surface area (Å²) < 4.78 is 0. The van der Waals surface area contributed by atoms with E-state index < -0.39 is 0 Å². The summed E-state index contributed by atoms with van der Waals surface area (Å²) >= 11 is 0. The van der Waals surface area contributed by atoms with Crippen LogP contribution >= 0.6 is 0 Å². The molecule has 11 heavy (non-hydrogen) atoms. The van der Waals surface area contributed by atoms with E-state index >= 15 is 0 Å². The predicted octanol–water partition coefficient (Wildman–Crippen LogP) is 3.63. The van der Waals surface area contributed by atoms with Crippen LogP contribution in [0, 0.1) is 17.3 Å². The van der Waals surface area contributed by atoms with Gasteiger partial charge in [-0.1, -0.05) is 39.8 Å².